The van der Waals surface area contributed by atoms with E-state index in [2.05, 4.69) is 5.10 Å². The Bertz CT molecular complexity index is 568. The molecule has 1 heterocycles. The molecule has 0 aliphatic heterocycles. The minimum absolute atomic E-state index is 0.192. The zero-order valence-corrected chi connectivity index (χ0v) is 9.02. The van der Waals surface area contributed by atoms with Crippen molar-refractivity contribution in [2.45, 2.75) is 6.54 Å². The monoisotopic (exact) mass is 230 g/mol. The third-order valence-corrected chi connectivity index (χ3v) is 2.37. The summed E-state index contributed by atoms with van der Waals surface area (Å²) in [5.41, 5.74) is 0.991. The predicted octanol–water partition coefficient (Wildman–Crippen LogP) is -1.03. The summed E-state index contributed by atoms with van der Waals surface area (Å²) < 4.78 is 1.31. The van der Waals surface area contributed by atoms with Crippen molar-refractivity contribution in [1.82, 2.24) is 9.78 Å². The van der Waals surface area contributed by atoms with Crippen molar-refractivity contribution in [3.63, 3.8) is 0 Å². The van der Waals surface area contributed by atoms with Crippen LogP contribution in [0.15, 0.2) is 47.4 Å². The summed E-state index contributed by atoms with van der Waals surface area (Å²) in [4.78, 5) is 11.4. The van der Waals surface area contributed by atoms with E-state index < -0.39 is 7.12 Å². The van der Waals surface area contributed by atoms with Crippen LogP contribution in [0.5, 0.6) is 0 Å². The van der Waals surface area contributed by atoms with E-state index >= 15 is 0 Å². The van der Waals surface area contributed by atoms with Gasteiger partial charge in [-0.2, -0.15) is 5.10 Å². The second-order valence-electron chi connectivity index (χ2n) is 3.64. The van der Waals surface area contributed by atoms with Crippen LogP contribution in [0.3, 0.4) is 0 Å². The van der Waals surface area contributed by atoms with E-state index in [-0.39, 0.29) is 5.56 Å². The lowest BCUT2D eigenvalue weighted by Crippen LogP contribution is -2.30. The van der Waals surface area contributed by atoms with Gasteiger partial charge in [0.1, 0.15) is 0 Å². The van der Waals surface area contributed by atoms with Gasteiger partial charge >= 0.3 is 7.12 Å². The van der Waals surface area contributed by atoms with Crippen LogP contribution in [-0.4, -0.2) is 26.9 Å². The van der Waals surface area contributed by atoms with Gasteiger partial charge < -0.3 is 10.0 Å². The summed E-state index contributed by atoms with van der Waals surface area (Å²) in [5.74, 6) is 0. The minimum atomic E-state index is -1.50. The number of nitrogens with zero attached hydrogens (tertiary/aromatic N) is 2. The van der Waals surface area contributed by atoms with E-state index in [1.807, 2.05) is 0 Å². The van der Waals surface area contributed by atoms with Crippen LogP contribution >= 0.6 is 0 Å². The molecule has 5 nitrogen and oxygen atoms in total. The van der Waals surface area contributed by atoms with E-state index in [0.29, 0.717) is 12.0 Å². The SMILES string of the molecule is O=c1cccnn1Cc1cccc(B(O)O)c1. The molecule has 0 fully saturated rings. The minimum Gasteiger partial charge on any atom is -0.423 e. The molecule has 2 N–H and O–H groups in total. The predicted molar refractivity (Wildman–Crippen MR) is 63.9 cm³/mol. The molecule has 0 atom stereocenters. The summed E-state index contributed by atoms with van der Waals surface area (Å²) in [6, 6.07) is 9.75. The first-order valence-corrected chi connectivity index (χ1v) is 5.14. The molecule has 0 unspecified atom stereocenters. The Morgan fingerprint density at radius 1 is 1.24 bits per heavy atom. The number of hydrogen-bond donors (Lipinski definition) is 2. The first kappa shape index (κ1) is 11.6. The van der Waals surface area contributed by atoms with Gasteiger partial charge in [0, 0.05) is 12.3 Å². The van der Waals surface area contributed by atoms with Crippen molar-refractivity contribution < 1.29 is 10.0 Å². The molecule has 0 aliphatic carbocycles. The average Bonchev–Trinajstić information content (AvgIpc) is 2.32. The molecule has 0 aliphatic rings. The number of hydrogen-bond acceptors (Lipinski definition) is 4. The molecule has 0 saturated heterocycles. The van der Waals surface area contributed by atoms with Gasteiger partial charge in [-0.1, -0.05) is 24.3 Å². The summed E-state index contributed by atoms with van der Waals surface area (Å²) in [5, 5.41) is 22.0. The third-order valence-electron chi connectivity index (χ3n) is 2.37. The highest BCUT2D eigenvalue weighted by atomic mass is 16.4. The average molecular weight is 230 g/mol. The van der Waals surface area contributed by atoms with Gasteiger partial charge in [0.25, 0.3) is 5.56 Å². The molecule has 0 amide bonds. The quantitative estimate of drug-likeness (QED) is 0.661. The van der Waals surface area contributed by atoms with Gasteiger partial charge in [-0.3, -0.25) is 4.79 Å². The maximum absolute atomic E-state index is 11.4. The molecule has 1 aromatic heterocycles. The fourth-order valence-corrected chi connectivity index (χ4v) is 1.53. The first-order chi connectivity index (χ1) is 8.16. The highest BCUT2D eigenvalue weighted by Crippen LogP contribution is 1.98. The van der Waals surface area contributed by atoms with E-state index in [1.165, 1.54) is 16.9 Å². The van der Waals surface area contributed by atoms with Crippen molar-refractivity contribution >= 4 is 12.6 Å². The van der Waals surface area contributed by atoms with E-state index in [0.717, 1.165) is 5.56 Å². The van der Waals surface area contributed by atoms with E-state index in [4.69, 9.17) is 10.0 Å². The van der Waals surface area contributed by atoms with Crippen molar-refractivity contribution in [2.24, 2.45) is 0 Å². The van der Waals surface area contributed by atoms with E-state index in [1.54, 1.807) is 30.3 Å². The molecule has 2 aromatic rings. The molecule has 0 radical (unpaired) electrons. The summed E-state index contributed by atoms with van der Waals surface area (Å²) in [6.45, 7) is 0.306. The Kier molecular flexibility index (Phi) is 3.36. The summed E-state index contributed by atoms with van der Waals surface area (Å²) >= 11 is 0. The van der Waals surface area contributed by atoms with Gasteiger partial charge in [0.15, 0.2) is 0 Å². The normalized spacial score (nSPS) is 10.2. The standard InChI is InChI=1S/C11H11BN2O3/c15-11-5-2-6-13-14(11)8-9-3-1-4-10(7-9)12(16)17/h1-7,16-17H,8H2. The second-order valence-corrected chi connectivity index (χ2v) is 3.64. The number of benzene rings is 1. The van der Waals surface area contributed by atoms with Crippen molar-refractivity contribution in [3.05, 3.63) is 58.5 Å². The second kappa shape index (κ2) is 4.94. The van der Waals surface area contributed by atoms with Crippen LogP contribution in [0.25, 0.3) is 0 Å². The highest BCUT2D eigenvalue weighted by molar-refractivity contribution is 6.58. The Morgan fingerprint density at radius 2 is 2.06 bits per heavy atom. The molecule has 0 spiro atoms. The van der Waals surface area contributed by atoms with E-state index in [9.17, 15) is 4.79 Å². The van der Waals surface area contributed by atoms with Crippen molar-refractivity contribution in [1.29, 1.82) is 0 Å². The van der Waals surface area contributed by atoms with Gasteiger partial charge in [0.05, 0.1) is 6.54 Å². The first-order valence-electron chi connectivity index (χ1n) is 5.14. The van der Waals surface area contributed by atoms with Crippen LogP contribution in [0, 0.1) is 0 Å². The fraction of sp³-hybridized carbons (Fsp3) is 0.0909. The summed E-state index contributed by atoms with van der Waals surface area (Å²) in [7, 11) is -1.50. The summed E-state index contributed by atoms with van der Waals surface area (Å²) in [6.07, 6.45) is 1.53. The third kappa shape index (κ3) is 2.80. The molecule has 1 aromatic carbocycles. The van der Waals surface area contributed by atoms with Gasteiger partial charge in [-0.15, -0.1) is 0 Å². The molecule has 86 valence electrons. The van der Waals surface area contributed by atoms with Gasteiger partial charge in [-0.05, 0) is 17.1 Å². The maximum atomic E-state index is 11.4. The van der Waals surface area contributed by atoms with Crippen LogP contribution < -0.4 is 11.0 Å². The number of rotatable bonds is 3. The lowest BCUT2D eigenvalue weighted by atomic mass is 9.80. The number of aromatic nitrogens is 2. The lowest BCUT2D eigenvalue weighted by molar-refractivity contribution is 0.425. The molecule has 0 saturated carbocycles. The maximum Gasteiger partial charge on any atom is 0.488 e. The topological polar surface area (TPSA) is 75.4 Å². The van der Waals surface area contributed by atoms with Gasteiger partial charge in [0.2, 0.25) is 0 Å². The zero-order valence-electron chi connectivity index (χ0n) is 9.02. The van der Waals surface area contributed by atoms with Gasteiger partial charge in [-0.25, -0.2) is 4.68 Å². The smallest absolute Gasteiger partial charge is 0.423 e. The Labute approximate surface area is 98.1 Å². The Morgan fingerprint density at radius 3 is 2.76 bits per heavy atom. The molecule has 0 bridgehead atoms. The van der Waals surface area contributed by atoms with Crippen LogP contribution in [0.2, 0.25) is 0 Å². The molecular formula is C11H11BN2O3. The molecule has 17 heavy (non-hydrogen) atoms. The zero-order chi connectivity index (χ0) is 12.3. The Balaban J connectivity index is 2.28. The van der Waals surface area contributed by atoms with Crippen LogP contribution in [-0.2, 0) is 6.54 Å². The largest absolute Gasteiger partial charge is 0.488 e. The highest BCUT2D eigenvalue weighted by Gasteiger charge is 2.10. The Hall–Kier alpha value is -1.92. The van der Waals surface area contributed by atoms with Crippen LogP contribution in [0.1, 0.15) is 5.56 Å². The van der Waals surface area contributed by atoms with Crippen molar-refractivity contribution in [2.75, 3.05) is 0 Å². The fourth-order valence-electron chi connectivity index (χ4n) is 1.53. The van der Waals surface area contributed by atoms with Crippen LogP contribution in [0.4, 0.5) is 0 Å². The molecular weight excluding hydrogens is 219 g/mol. The lowest BCUT2D eigenvalue weighted by Gasteiger charge is -2.05. The molecule has 2 rings (SSSR count). The van der Waals surface area contributed by atoms with Crippen molar-refractivity contribution in [3.8, 4) is 0 Å². The molecule has 6 heteroatoms.